The van der Waals surface area contributed by atoms with Crippen molar-refractivity contribution in [2.75, 3.05) is 13.2 Å². The normalized spacial score (nSPS) is 36.9. The first kappa shape index (κ1) is 14.3. The Balaban J connectivity index is 1.90. The molecule has 2 saturated heterocycles. The molecule has 5 heteroatoms. The second kappa shape index (κ2) is 4.18. The summed E-state index contributed by atoms with van der Waals surface area (Å²) in [5, 5.41) is 0.0781. The number of fused-ring (bicyclic) bond motifs is 1. The molecular formula is C15H24O4Si. The minimum absolute atomic E-state index is 0.0230. The molecule has 0 aromatic carbocycles. The molecule has 0 unspecified atom stereocenters. The maximum absolute atomic E-state index is 12.5. The highest BCUT2D eigenvalue weighted by Crippen LogP contribution is 2.48. The average Bonchev–Trinajstić information content (AvgIpc) is 2.78. The highest BCUT2D eigenvalue weighted by atomic mass is 28.4. The number of rotatable bonds is 2. The Kier molecular flexibility index (Phi) is 2.99. The van der Waals surface area contributed by atoms with Gasteiger partial charge in [-0.05, 0) is 30.6 Å². The van der Waals surface area contributed by atoms with Crippen LogP contribution in [-0.2, 0) is 18.7 Å². The number of ketones is 1. The SMILES string of the molecule is CC(C)(C)[Si](C)(C)OC1=C[C@@]23COC[C@@H]2C[C@H](O3)C1=O. The first-order chi connectivity index (χ1) is 9.15. The number of carbonyl (C=O) groups excluding carboxylic acids is 1. The fraction of sp³-hybridized carbons (Fsp3) is 0.800. The smallest absolute Gasteiger partial charge is 0.250 e. The number of hydrogen-bond acceptors (Lipinski definition) is 4. The third kappa shape index (κ3) is 1.98. The van der Waals surface area contributed by atoms with Crippen LogP contribution in [0, 0.1) is 5.92 Å². The largest absolute Gasteiger partial charge is 0.541 e. The highest BCUT2D eigenvalue weighted by Gasteiger charge is 2.57. The van der Waals surface area contributed by atoms with Crippen LogP contribution in [0.25, 0.3) is 0 Å². The molecule has 3 atom stereocenters. The lowest BCUT2D eigenvalue weighted by atomic mass is 9.91. The topological polar surface area (TPSA) is 44.8 Å². The van der Waals surface area contributed by atoms with Crippen LogP contribution in [0.1, 0.15) is 27.2 Å². The van der Waals surface area contributed by atoms with E-state index in [1.165, 1.54) is 0 Å². The summed E-state index contributed by atoms with van der Waals surface area (Å²) in [6, 6.07) is 0. The van der Waals surface area contributed by atoms with Gasteiger partial charge in [-0.25, -0.2) is 0 Å². The summed E-state index contributed by atoms with van der Waals surface area (Å²) in [4.78, 5) is 12.5. The van der Waals surface area contributed by atoms with Gasteiger partial charge in [-0.3, -0.25) is 4.79 Å². The zero-order chi connectivity index (χ0) is 14.8. The highest BCUT2D eigenvalue weighted by molar-refractivity contribution is 6.74. The van der Waals surface area contributed by atoms with Gasteiger partial charge in [0, 0.05) is 5.92 Å². The van der Waals surface area contributed by atoms with E-state index in [0.717, 1.165) is 6.42 Å². The predicted molar refractivity (Wildman–Crippen MR) is 77.9 cm³/mol. The van der Waals surface area contributed by atoms with Crippen LogP contribution in [0.15, 0.2) is 11.8 Å². The Morgan fingerprint density at radius 3 is 2.75 bits per heavy atom. The molecule has 3 aliphatic heterocycles. The molecule has 2 bridgehead atoms. The van der Waals surface area contributed by atoms with Gasteiger partial charge in [-0.1, -0.05) is 20.8 Å². The van der Waals surface area contributed by atoms with E-state index >= 15 is 0 Å². The minimum Gasteiger partial charge on any atom is -0.541 e. The Hall–Kier alpha value is -0.653. The molecule has 0 amide bonds. The van der Waals surface area contributed by atoms with Gasteiger partial charge in [0.05, 0.1) is 13.2 Å². The molecule has 0 radical (unpaired) electrons. The van der Waals surface area contributed by atoms with Crippen molar-refractivity contribution < 1.29 is 18.7 Å². The van der Waals surface area contributed by atoms with E-state index in [9.17, 15) is 4.79 Å². The van der Waals surface area contributed by atoms with E-state index in [0.29, 0.717) is 24.9 Å². The van der Waals surface area contributed by atoms with Crippen LogP contribution in [0.3, 0.4) is 0 Å². The van der Waals surface area contributed by atoms with Gasteiger partial charge in [-0.2, -0.15) is 0 Å². The van der Waals surface area contributed by atoms with E-state index in [4.69, 9.17) is 13.9 Å². The Morgan fingerprint density at radius 2 is 2.10 bits per heavy atom. The van der Waals surface area contributed by atoms with Gasteiger partial charge < -0.3 is 13.9 Å². The van der Waals surface area contributed by atoms with E-state index in [2.05, 4.69) is 33.9 Å². The maximum atomic E-state index is 12.5. The van der Waals surface area contributed by atoms with E-state index in [1.807, 2.05) is 6.08 Å². The molecule has 3 rings (SSSR count). The Labute approximate surface area is 121 Å². The second-order valence-corrected chi connectivity index (χ2v) is 12.5. The molecule has 3 heterocycles. The van der Waals surface area contributed by atoms with Gasteiger partial charge in [0.15, 0.2) is 0 Å². The van der Waals surface area contributed by atoms with E-state index in [1.54, 1.807) is 0 Å². The van der Waals surface area contributed by atoms with Crippen LogP contribution in [0.5, 0.6) is 0 Å². The van der Waals surface area contributed by atoms with Crippen molar-refractivity contribution in [3.8, 4) is 0 Å². The maximum Gasteiger partial charge on any atom is 0.250 e. The summed E-state index contributed by atoms with van der Waals surface area (Å²) < 4.78 is 17.7. The van der Waals surface area contributed by atoms with Gasteiger partial charge in [0.2, 0.25) is 5.78 Å². The second-order valence-electron chi connectivity index (χ2n) is 7.74. The third-order valence-corrected chi connectivity index (χ3v) is 9.62. The molecule has 20 heavy (non-hydrogen) atoms. The fourth-order valence-electron chi connectivity index (χ4n) is 2.90. The van der Waals surface area contributed by atoms with Crippen LogP contribution >= 0.6 is 0 Å². The standard InChI is InChI=1S/C15H24O4Si/c1-14(2,3)20(4,5)19-12-7-15-9-17-8-10(15)6-11(18-15)13(12)16/h7,10-11H,6,8-9H2,1-5H3/t10-,11-,15+/m0/s1. The molecule has 3 aliphatic rings. The quantitative estimate of drug-likeness (QED) is 0.735. The first-order valence-electron chi connectivity index (χ1n) is 7.36. The summed E-state index contributed by atoms with van der Waals surface area (Å²) in [5.74, 6) is 0.854. The lowest BCUT2D eigenvalue weighted by Crippen LogP contribution is -2.45. The van der Waals surface area contributed by atoms with Gasteiger partial charge in [0.25, 0.3) is 8.32 Å². The van der Waals surface area contributed by atoms with Crippen molar-refractivity contribution in [3.05, 3.63) is 11.8 Å². The summed E-state index contributed by atoms with van der Waals surface area (Å²) in [6.07, 6.45) is 2.35. The van der Waals surface area contributed by atoms with Crippen LogP contribution < -0.4 is 0 Å². The molecule has 0 aliphatic carbocycles. The summed E-state index contributed by atoms with van der Waals surface area (Å²) in [5.41, 5.74) is -0.406. The van der Waals surface area contributed by atoms with Crippen LogP contribution in [-0.4, -0.2) is 39.0 Å². The summed E-state index contributed by atoms with van der Waals surface area (Å²) in [7, 11) is -2.00. The van der Waals surface area contributed by atoms with Gasteiger partial charge in [0.1, 0.15) is 17.5 Å². The lowest BCUT2D eigenvalue weighted by Gasteiger charge is -2.39. The molecule has 0 N–H and O–H groups in total. The molecule has 112 valence electrons. The van der Waals surface area contributed by atoms with Crippen molar-refractivity contribution in [3.63, 3.8) is 0 Å². The Morgan fingerprint density at radius 1 is 1.40 bits per heavy atom. The zero-order valence-electron chi connectivity index (χ0n) is 13.0. The van der Waals surface area contributed by atoms with Crippen LogP contribution in [0.4, 0.5) is 0 Å². The molecule has 1 spiro atoms. The molecule has 4 nitrogen and oxygen atoms in total. The number of Topliss-reactive ketones (excluding diaryl/α,β-unsaturated/α-hetero) is 1. The first-order valence-corrected chi connectivity index (χ1v) is 10.3. The van der Waals surface area contributed by atoms with Crippen molar-refractivity contribution in [2.24, 2.45) is 5.92 Å². The fourth-order valence-corrected chi connectivity index (χ4v) is 3.92. The summed E-state index contributed by atoms with van der Waals surface area (Å²) in [6.45, 7) is 12.1. The Bertz CT molecular complexity index is 477. The van der Waals surface area contributed by atoms with Gasteiger partial charge >= 0.3 is 0 Å². The third-order valence-electron chi connectivity index (χ3n) is 5.28. The van der Waals surface area contributed by atoms with Gasteiger partial charge in [-0.15, -0.1) is 0 Å². The average molecular weight is 296 g/mol. The van der Waals surface area contributed by atoms with Crippen molar-refractivity contribution in [1.82, 2.24) is 0 Å². The molecule has 0 aromatic heterocycles. The van der Waals surface area contributed by atoms with Crippen molar-refractivity contribution in [1.29, 1.82) is 0 Å². The van der Waals surface area contributed by atoms with Crippen LogP contribution in [0.2, 0.25) is 18.1 Å². The van der Waals surface area contributed by atoms with E-state index in [-0.39, 0.29) is 16.9 Å². The van der Waals surface area contributed by atoms with Crippen molar-refractivity contribution in [2.45, 2.75) is 57.0 Å². The van der Waals surface area contributed by atoms with Crippen molar-refractivity contribution >= 4 is 14.1 Å². The number of hydrogen-bond donors (Lipinski definition) is 0. The molecule has 0 aromatic rings. The summed E-state index contributed by atoms with van der Waals surface area (Å²) >= 11 is 0. The molecule has 0 saturated carbocycles. The number of carbonyl (C=O) groups is 1. The van der Waals surface area contributed by atoms with E-state index < -0.39 is 13.9 Å². The molecular weight excluding hydrogens is 272 g/mol. The zero-order valence-corrected chi connectivity index (χ0v) is 14.0. The predicted octanol–water partition coefficient (Wildman–Crippen LogP) is 2.65. The monoisotopic (exact) mass is 296 g/mol. The number of ether oxygens (including phenoxy) is 2. The minimum atomic E-state index is -2.00. The molecule has 2 fully saturated rings. The lowest BCUT2D eigenvalue weighted by molar-refractivity contribution is -0.135.